The number of methoxy groups -OCH3 is 2. The highest BCUT2D eigenvalue weighted by atomic mass is 16.5. The molecule has 1 N–H and O–H groups in total. The van der Waals surface area contributed by atoms with E-state index in [0.29, 0.717) is 17.4 Å². The molecule has 0 aliphatic rings. The van der Waals surface area contributed by atoms with Crippen molar-refractivity contribution < 1.29 is 9.47 Å². The lowest BCUT2D eigenvalue weighted by Gasteiger charge is -2.11. The maximum atomic E-state index is 5.47. The first-order valence-corrected chi connectivity index (χ1v) is 10.2. The number of hydrazone groups is 1. The Morgan fingerprint density at radius 2 is 1.34 bits per heavy atom. The van der Waals surface area contributed by atoms with Crippen LogP contribution in [-0.4, -0.2) is 29.9 Å². The number of ether oxygens (including phenoxy) is 2. The molecule has 3 aromatic carbocycles. The summed E-state index contributed by atoms with van der Waals surface area (Å²) in [6, 6.07) is 27.6. The summed E-state index contributed by atoms with van der Waals surface area (Å²) < 4.78 is 10.8. The Morgan fingerprint density at radius 1 is 0.719 bits per heavy atom. The highest BCUT2D eigenvalue weighted by Gasteiger charge is 2.12. The summed E-state index contributed by atoms with van der Waals surface area (Å²) in [5, 5.41) is 4.49. The minimum absolute atomic E-state index is 0.409. The lowest BCUT2D eigenvalue weighted by molar-refractivity contribution is 0.355. The Kier molecular flexibility index (Phi) is 6.41. The van der Waals surface area contributed by atoms with Gasteiger partial charge in [-0.3, -0.25) is 0 Å². The maximum Gasteiger partial charge on any atom is 0.244 e. The monoisotopic (exact) mass is 424 g/mol. The zero-order valence-electron chi connectivity index (χ0n) is 18.2. The molecule has 0 aliphatic heterocycles. The molecule has 0 saturated heterocycles. The highest BCUT2D eigenvalue weighted by molar-refractivity contribution is 5.98. The number of anilines is 1. The van der Waals surface area contributed by atoms with Crippen LogP contribution < -0.4 is 14.9 Å². The third-order valence-electron chi connectivity index (χ3n) is 4.99. The Hall–Kier alpha value is -4.19. The van der Waals surface area contributed by atoms with E-state index in [-0.39, 0.29) is 0 Å². The first-order chi connectivity index (χ1) is 15.7. The van der Waals surface area contributed by atoms with Crippen LogP contribution in [0.4, 0.5) is 5.95 Å². The Morgan fingerprint density at radius 3 is 2.00 bits per heavy atom. The Labute approximate surface area is 187 Å². The molecule has 0 aliphatic carbocycles. The van der Waals surface area contributed by atoms with E-state index in [1.807, 2.05) is 91.9 Å². The smallest absolute Gasteiger partial charge is 0.244 e. The van der Waals surface area contributed by atoms with Crippen LogP contribution in [0.2, 0.25) is 0 Å². The van der Waals surface area contributed by atoms with Gasteiger partial charge in [-0.05, 0) is 36.8 Å². The molecule has 1 heterocycles. The van der Waals surface area contributed by atoms with Gasteiger partial charge in [0.25, 0.3) is 0 Å². The topological polar surface area (TPSA) is 68.6 Å². The van der Waals surface area contributed by atoms with E-state index >= 15 is 0 Å². The molecule has 0 bridgehead atoms. The van der Waals surface area contributed by atoms with Crippen LogP contribution in [-0.2, 0) is 0 Å². The SMILES string of the molecule is COc1ccc(-c2cc(-c3ccccc3)nc(N/N=C(\C)c3ccccc3)n2)cc1OC. The van der Waals surface area contributed by atoms with Gasteiger partial charge in [0, 0.05) is 11.1 Å². The predicted molar refractivity (Wildman–Crippen MR) is 128 cm³/mol. The van der Waals surface area contributed by atoms with E-state index in [9.17, 15) is 0 Å². The largest absolute Gasteiger partial charge is 0.493 e. The molecule has 32 heavy (non-hydrogen) atoms. The van der Waals surface area contributed by atoms with Crippen molar-refractivity contribution in [2.75, 3.05) is 19.6 Å². The van der Waals surface area contributed by atoms with E-state index in [1.54, 1.807) is 14.2 Å². The molecule has 1 aromatic heterocycles. The summed E-state index contributed by atoms with van der Waals surface area (Å²) in [5.41, 5.74) is 8.30. The minimum Gasteiger partial charge on any atom is -0.493 e. The maximum absolute atomic E-state index is 5.47. The van der Waals surface area contributed by atoms with Crippen molar-refractivity contribution in [1.82, 2.24) is 9.97 Å². The second kappa shape index (κ2) is 9.75. The Balaban J connectivity index is 1.75. The van der Waals surface area contributed by atoms with Gasteiger partial charge in [0.2, 0.25) is 5.95 Å². The van der Waals surface area contributed by atoms with Gasteiger partial charge in [0.15, 0.2) is 11.5 Å². The summed E-state index contributed by atoms with van der Waals surface area (Å²) in [4.78, 5) is 9.39. The van der Waals surface area contributed by atoms with Crippen molar-refractivity contribution in [3.8, 4) is 34.0 Å². The first kappa shape index (κ1) is 21.1. The van der Waals surface area contributed by atoms with Crippen LogP contribution in [0.5, 0.6) is 11.5 Å². The van der Waals surface area contributed by atoms with Gasteiger partial charge >= 0.3 is 0 Å². The van der Waals surface area contributed by atoms with Crippen molar-refractivity contribution in [2.24, 2.45) is 5.10 Å². The number of rotatable bonds is 7. The lowest BCUT2D eigenvalue weighted by atomic mass is 10.1. The van der Waals surface area contributed by atoms with Crippen molar-refractivity contribution >= 4 is 11.7 Å². The van der Waals surface area contributed by atoms with Gasteiger partial charge in [-0.15, -0.1) is 0 Å². The molecule has 0 spiro atoms. The van der Waals surface area contributed by atoms with Crippen LogP contribution in [0.15, 0.2) is 90.0 Å². The molecule has 6 nitrogen and oxygen atoms in total. The number of hydrogen-bond donors (Lipinski definition) is 1. The fourth-order valence-corrected chi connectivity index (χ4v) is 3.28. The van der Waals surface area contributed by atoms with Gasteiger partial charge in [-0.25, -0.2) is 15.4 Å². The fraction of sp³-hybridized carbons (Fsp3) is 0.115. The number of hydrogen-bond acceptors (Lipinski definition) is 6. The summed E-state index contributed by atoms with van der Waals surface area (Å²) in [6.07, 6.45) is 0. The van der Waals surface area contributed by atoms with E-state index in [4.69, 9.17) is 14.5 Å². The average Bonchev–Trinajstić information content (AvgIpc) is 2.87. The molecule has 0 fully saturated rings. The molecule has 0 saturated carbocycles. The molecular weight excluding hydrogens is 400 g/mol. The fourth-order valence-electron chi connectivity index (χ4n) is 3.28. The summed E-state index contributed by atoms with van der Waals surface area (Å²) in [6.45, 7) is 1.94. The van der Waals surface area contributed by atoms with Crippen molar-refractivity contribution in [3.05, 3.63) is 90.5 Å². The summed E-state index contributed by atoms with van der Waals surface area (Å²) >= 11 is 0. The molecule has 4 aromatic rings. The molecule has 0 amide bonds. The van der Waals surface area contributed by atoms with E-state index < -0.39 is 0 Å². The number of aromatic nitrogens is 2. The van der Waals surface area contributed by atoms with Gasteiger partial charge in [0.05, 0.1) is 31.3 Å². The number of benzene rings is 3. The number of nitrogens with zero attached hydrogens (tertiary/aromatic N) is 3. The highest BCUT2D eigenvalue weighted by Crippen LogP contribution is 2.33. The number of nitrogens with one attached hydrogen (secondary N) is 1. The second-order valence-corrected chi connectivity index (χ2v) is 7.07. The van der Waals surface area contributed by atoms with E-state index in [1.165, 1.54) is 0 Å². The molecule has 4 rings (SSSR count). The summed E-state index contributed by atoms with van der Waals surface area (Å²) in [7, 11) is 3.23. The van der Waals surface area contributed by atoms with Crippen molar-refractivity contribution in [1.29, 1.82) is 0 Å². The standard InChI is InChI=1S/C26H24N4O2/c1-18(19-10-6-4-7-11-19)29-30-26-27-22(20-12-8-5-9-13-20)17-23(28-26)21-14-15-24(31-2)25(16-21)32-3/h4-17H,1-3H3,(H,27,28,30)/b29-18+. The minimum atomic E-state index is 0.409. The van der Waals surface area contributed by atoms with Crippen LogP contribution in [0, 0.1) is 0 Å². The van der Waals surface area contributed by atoms with Gasteiger partial charge in [-0.2, -0.15) is 5.10 Å². The van der Waals surface area contributed by atoms with Crippen LogP contribution in [0.25, 0.3) is 22.5 Å². The zero-order chi connectivity index (χ0) is 22.3. The van der Waals surface area contributed by atoms with E-state index in [0.717, 1.165) is 33.8 Å². The molecule has 0 atom stereocenters. The van der Waals surface area contributed by atoms with Gasteiger partial charge in [-0.1, -0.05) is 60.7 Å². The average molecular weight is 425 g/mol. The normalized spacial score (nSPS) is 11.2. The molecule has 0 radical (unpaired) electrons. The second-order valence-electron chi connectivity index (χ2n) is 7.07. The first-order valence-electron chi connectivity index (χ1n) is 10.2. The van der Waals surface area contributed by atoms with Crippen LogP contribution in [0.3, 0.4) is 0 Å². The molecular formula is C26H24N4O2. The van der Waals surface area contributed by atoms with Crippen LogP contribution in [0.1, 0.15) is 12.5 Å². The third kappa shape index (κ3) is 4.75. The zero-order valence-corrected chi connectivity index (χ0v) is 18.2. The summed E-state index contributed by atoms with van der Waals surface area (Å²) in [5.74, 6) is 1.71. The van der Waals surface area contributed by atoms with Crippen molar-refractivity contribution in [2.45, 2.75) is 6.92 Å². The van der Waals surface area contributed by atoms with E-state index in [2.05, 4.69) is 15.5 Å². The molecule has 6 heteroatoms. The lowest BCUT2D eigenvalue weighted by Crippen LogP contribution is -2.04. The quantitative estimate of drug-likeness (QED) is 0.306. The van der Waals surface area contributed by atoms with Gasteiger partial charge < -0.3 is 9.47 Å². The third-order valence-corrected chi connectivity index (χ3v) is 4.99. The molecule has 160 valence electrons. The Bertz CT molecular complexity index is 1230. The van der Waals surface area contributed by atoms with Crippen molar-refractivity contribution in [3.63, 3.8) is 0 Å². The predicted octanol–water partition coefficient (Wildman–Crippen LogP) is 5.66. The van der Waals surface area contributed by atoms with Crippen LogP contribution >= 0.6 is 0 Å². The molecule has 0 unspecified atom stereocenters. The van der Waals surface area contributed by atoms with Gasteiger partial charge in [0.1, 0.15) is 0 Å².